The molecule has 0 bridgehead atoms. The number of methoxy groups -OCH3 is 2. The van der Waals surface area contributed by atoms with Crippen molar-refractivity contribution in [3.05, 3.63) is 21.7 Å². The van der Waals surface area contributed by atoms with Crippen molar-refractivity contribution < 1.29 is 14.6 Å². The van der Waals surface area contributed by atoms with Gasteiger partial charge in [0.25, 0.3) is 0 Å². The number of rotatable bonds is 4. The predicted octanol–water partition coefficient (Wildman–Crippen LogP) is 3.26. The van der Waals surface area contributed by atoms with Crippen LogP contribution < -0.4 is 9.47 Å². The molecule has 0 spiro atoms. The Morgan fingerprint density at radius 2 is 1.76 bits per heavy atom. The molecular formula is C13H19BrO3. The largest absolute Gasteiger partial charge is 0.495 e. The fourth-order valence-corrected chi connectivity index (χ4v) is 2.60. The Morgan fingerprint density at radius 3 is 2.12 bits per heavy atom. The van der Waals surface area contributed by atoms with E-state index < -0.39 is 5.60 Å². The van der Waals surface area contributed by atoms with E-state index in [0.717, 1.165) is 27.8 Å². The van der Waals surface area contributed by atoms with Crippen molar-refractivity contribution in [1.82, 2.24) is 0 Å². The van der Waals surface area contributed by atoms with Crippen molar-refractivity contribution in [2.45, 2.75) is 32.8 Å². The summed E-state index contributed by atoms with van der Waals surface area (Å²) in [6, 6.07) is 1.93. The van der Waals surface area contributed by atoms with E-state index in [9.17, 15) is 5.11 Å². The van der Waals surface area contributed by atoms with Crippen LogP contribution >= 0.6 is 15.9 Å². The fourth-order valence-electron chi connectivity index (χ4n) is 1.80. The number of halogens is 1. The number of benzene rings is 1. The Bertz CT molecular complexity index is 408. The van der Waals surface area contributed by atoms with Crippen LogP contribution in [0.15, 0.2) is 10.5 Å². The SMILES string of the molecule is CCc1cc(C(C)(C)O)c(OC)c(Br)c1OC. The summed E-state index contributed by atoms with van der Waals surface area (Å²) < 4.78 is 11.5. The van der Waals surface area contributed by atoms with Gasteiger partial charge in [-0.15, -0.1) is 0 Å². The lowest BCUT2D eigenvalue weighted by Crippen LogP contribution is -2.18. The van der Waals surface area contributed by atoms with Gasteiger partial charge < -0.3 is 14.6 Å². The van der Waals surface area contributed by atoms with Gasteiger partial charge in [0.2, 0.25) is 0 Å². The van der Waals surface area contributed by atoms with Crippen molar-refractivity contribution >= 4 is 15.9 Å². The Labute approximate surface area is 111 Å². The Kier molecular flexibility index (Phi) is 4.44. The third kappa shape index (κ3) is 2.75. The van der Waals surface area contributed by atoms with Crippen molar-refractivity contribution in [2.75, 3.05) is 14.2 Å². The molecule has 1 aromatic rings. The second kappa shape index (κ2) is 5.27. The number of ether oxygens (including phenoxy) is 2. The van der Waals surface area contributed by atoms with E-state index in [-0.39, 0.29) is 0 Å². The topological polar surface area (TPSA) is 38.7 Å². The van der Waals surface area contributed by atoms with E-state index in [4.69, 9.17) is 9.47 Å². The van der Waals surface area contributed by atoms with Crippen LogP contribution in [0.1, 0.15) is 31.9 Å². The number of hydrogen-bond acceptors (Lipinski definition) is 3. The van der Waals surface area contributed by atoms with Gasteiger partial charge in [0.15, 0.2) is 0 Å². The van der Waals surface area contributed by atoms with E-state index in [0.29, 0.717) is 5.75 Å². The smallest absolute Gasteiger partial charge is 0.142 e. The Morgan fingerprint density at radius 1 is 1.24 bits per heavy atom. The normalized spacial score (nSPS) is 11.5. The highest BCUT2D eigenvalue weighted by Gasteiger charge is 2.26. The van der Waals surface area contributed by atoms with Crippen LogP contribution in [0.25, 0.3) is 0 Å². The van der Waals surface area contributed by atoms with Crippen molar-refractivity contribution in [2.24, 2.45) is 0 Å². The summed E-state index contributed by atoms with van der Waals surface area (Å²) >= 11 is 3.48. The monoisotopic (exact) mass is 302 g/mol. The molecule has 0 aliphatic carbocycles. The molecule has 0 amide bonds. The van der Waals surface area contributed by atoms with Crippen LogP contribution in [0, 0.1) is 0 Å². The lowest BCUT2D eigenvalue weighted by molar-refractivity contribution is 0.0753. The summed E-state index contributed by atoms with van der Waals surface area (Å²) in [6.45, 7) is 5.53. The fraction of sp³-hybridized carbons (Fsp3) is 0.538. The minimum absolute atomic E-state index is 0.617. The lowest BCUT2D eigenvalue weighted by atomic mass is 9.94. The van der Waals surface area contributed by atoms with Crippen LogP contribution in [0.4, 0.5) is 0 Å². The van der Waals surface area contributed by atoms with E-state index >= 15 is 0 Å². The summed E-state index contributed by atoms with van der Waals surface area (Å²) in [5.41, 5.74) is 0.839. The first kappa shape index (κ1) is 14.3. The molecule has 0 fully saturated rings. The van der Waals surface area contributed by atoms with Gasteiger partial charge in [-0.3, -0.25) is 0 Å². The minimum Gasteiger partial charge on any atom is -0.495 e. The molecule has 0 aromatic heterocycles. The predicted molar refractivity (Wildman–Crippen MR) is 71.9 cm³/mol. The third-order valence-corrected chi connectivity index (χ3v) is 3.42. The van der Waals surface area contributed by atoms with Crippen LogP contribution in [-0.4, -0.2) is 19.3 Å². The highest BCUT2D eigenvalue weighted by atomic mass is 79.9. The maximum Gasteiger partial charge on any atom is 0.142 e. The summed E-state index contributed by atoms with van der Waals surface area (Å²) in [5, 5.41) is 10.2. The molecule has 0 radical (unpaired) electrons. The standard InChI is InChI=1S/C13H19BrO3/c1-6-8-7-9(13(2,3)15)12(17-5)10(14)11(8)16-4/h7,15H,6H2,1-5H3. The van der Waals surface area contributed by atoms with Gasteiger partial charge in [-0.25, -0.2) is 0 Å². The first-order chi connectivity index (χ1) is 7.86. The maximum absolute atomic E-state index is 10.2. The summed E-state index contributed by atoms with van der Waals surface area (Å²) in [7, 11) is 3.21. The molecule has 96 valence electrons. The van der Waals surface area contributed by atoms with Crippen molar-refractivity contribution in [3.63, 3.8) is 0 Å². The summed E-state index contributed by atoms with van der Waals surface area (Å²) in [6.07, 6.45) is 0.828. The Balaban J connectivity index is 3.57. The molecule has 3 nitrogen and oxygen atoms in total. The average Bonchev–Trinajstić information content (AvgIpc) is 2.26. The first-order valence-corrected chi connectivity index (χ1v) is 6.32. The molecule has 4 heteroatoms. The molecule has 0 saturated carbocycles. The number of aryl methyl sites for hydroxylation is 1. The Hall–Kier alpha value is -0.740. The molecule has 1 N–H and O–H groups in total. The molecule has 0 saturated heterocycles. The highest BCUT2D eigenvalue weighted by molar-refractivity contribution is 9.10. The third-order valence-electron chi connectivity index (χ3n) is 2.70. The molecular weight excluding hydrogens is 284 g/mol. The van der Waals surface area contributed by atoms with Crippen molar-refractivity contribution in [3.8, 4) is 11.5 Å². The summed E-state index contributed by atoms with van der Waals surface area (Å²) in [4.78, 5) is 0. The molecule has 0 heterocycles. The zero-order chi connectivity index (χ0) is 13.2. The minimum atomic E-state index is -0.954. The highest BCUT2D eigenvalue weighted by Crippen LogP contribution is 2.43. The average molecular weight is 303 g/mol. The zero-order valence-corrected chi connectivity index (χ0v) is 12.5. The molecule has 0 aliphatic rings. The molecule has 1 rings (SSSR count). The van der Waals surface area contributed by atoms with Crippen molar-refractivity contribution in [1.29, 1.82) is 0 Å². The maximum atomic E-state index is 10.2. The van der Waals surface area contributed by atoms with E-state index in [1.54, 1.807) is 28.1 Å². The van der Waals surface area contributed by atoms with Gasteiger partial charge in [-0.1, -0.05) is 6.92 Å². The van der Waals surface area contributed by atoms with Gasteiger partial charge in [0.05, 0.1) is 19.8 Å². The van der Waals surface area contributed by atoms with Crippen LogP contribution in [0.3, 0.4) is 0 Å². The van der Waals surface area contributed by atoms with Crippen LogP contribution in [0.2, 0.25) is 0 Å². The van der Waals surface area contributed by atoms with E-state index in [1.807, 2.05) is 13.0 Å². The van der Waals surface area contributed by atoms with Gasteiger partial charge in [0, 0.05) is 5.56 Å². The quantitative estimate of drug-likeness (QED) is 0.928. The molecule has 0 unspecified atom stereocenters. The second-order valence-corrected chi connectivity index (χ2v) is 5.17. The van der Waals surface area contributed by atoms with Gasteiger partial charge in [-0.2, -0.15) is 0 Å². The molecule has 0 atom stereocenters. The lowest BCUT2D eigenvalue weighted by Gasteiger charge is -2.24. The van der Waals surface area contributed by atoms with E-state index in [2.05, 4.69) is 15.9 Å². The molecule has 17 heavy (non-hydrogen) atoms. The second-order valence-electron chi connectivity index (χ2n) is 4.38. The molecule has 0 aliphatic heterocycles. The zero-order valence-electron chi connectivity index (χ0n) is 10.9. The van der Waals surface area contributed by atoms with Crippen LogP contribution in [0.5, 0.6) is 11.5 Å². The van der Waals surface area contributed by atoms with Crippen LogP contribution in [-0.2, 0) is 12.0 Å². The van der Waals surface area contributed by atoms with Gasteiger partial charge in [0.1, 0.15) is 16.0 Å². The first-order valence-electron chi connectivity index (χ1n) is 5.53. The van der Waals surface area contributed by atoms with Gasteiger partial charge >= 0.3 is 0 Å². The van der Waals surface area contributed by atoms with Gasteiger partial charge in [-0.05, 0) is 47.8 Å². The number of hydrogen-bond donors (Lipinski definition) is 1. The van der Waals surface area contributed by atoms with E-state index in [1.165, 1.54) is 0 Å². The number of aliphatic hydroxyl groups is 1. The molecule has 1 aromatic carbocycles. The summed E-state index contributed by atoms with van der Waals surface area (Å²) in [5.74, 6) is 1.38.